The first-order valence-electron chi connectivity index (χ1n) is 13.2. The van der Waals surface area contributed by atoms with Crippen LogP contribution in [0.25, 0.3) is 11.8 Å². The minimum atomic E-state index is -0.900. The van der Waals surface area contributed by atoms with E-state index in [1.807, 2.05) is 30.3 Å². The van der Waals surface area contributed by atoms with E-state index >= 15 is 0 Å². The second-order valence-corrected chi connectivity index (χ2v) is 11.2. The number of benzene rings is 3. The summed E-state index contributed by atoms with van der Waals surface area (Å²) in [5, 5.41) is 0. The molecule has 0 unspecified atom stereocenters. The van der Waals surface area contributed by atoms with Crippen LogP contribution < -0.4 is 29.1 Å². The van der Waals surface area contributed by atoms with Gasteiger partial charge in [0.1, 0.15) is 5.75 Å². The molecule has 1 atom stereocenters. The molecule has 0 radical (unpaired) electrons. The van der Waals surface area contributed by atoms with E-state index in [0.717, 1.165) is 15.8 Å². The number of rotatable bonds is 8. The van der Waals surface area contributed by atoms with Gasteiger partial charge in [-0.3, -0.25) is 14.2 Å². The highest BCUT2D eigenvalue weighted by atomic mass is 79.9. The summed E-state index contributed by atoms with van der Waals surface area (Å²) in [6, 6.07) is 18.8. The predicted octanol–water partition coefficient (Wildman–Crippen LogP) is 4.64. The zero-order chi connectivity index (χ0) is 30.7. The third kappa shape index (κ3) is 6.04. The van der Waals surface area contributed by atoms with E-state index in [1.54, 1.807) is 49.4 Å². The normalized spacial score (nSPS) is 14.5. The number of halogens is 1. The van der Waals surface area contributed by atoms with Gasteiger partial charge in [-0.15, -0.1) is 0 Å². The largest absolute Gasteiger partial charge is 0.493 e. The summed E-state index contributed by atoms with van der Waals surface area (Å²) in [6.07, 6.45) is 1.65. The van der Waals surface area contributed by atoms with Crippen molar-refractivity contribution in [3.05, 3.63) is 113 Å². The van der Waals surface area contributed by atoms with Gasteiger partial charge in [-0.05, 0) is 48.9 Å². The van der Waals surface area contributed by atoms with Crippen molar-refractivity contribution in [1.29, 1.82) is 0 Å². The molecule has 0 N–H and O–H groups in total. The number of esters is 2. The summed E-state index contributed by atoms with van der Waals surface area (Å²) in [5.74, 6) is 0.150. The maximum absolute atomic E-state index is 14.2. The molecule has 0 saturated carbocycles. The lowest BCUT2D eigenvalue weighted by atomic mass is 9.93. The van der Waals surface area contributed by atoms with E-state index < -0.39 is 18.0 Å². The quantitative estimate of drug-likeness (QED) is 0.200. The van der Waals surface area contributed by atoms with Crippen molar-refractivity contribution in [2.24, 2.45) is 4.99 Å². The number of hydrogen-bond acceptors (Lipinski definition) is 9. The Labute approximate surface area is 259 Å². The van der Waals surface area contributed by atoms with Gasteiger partial charge in [-0.1, -0.05) is 63.7 Å². The van der Waals surface area contributed by atoms with Gasteiger partial charge in [0, 0.05) is 22.5 Å². The summed E-state index contributed by atoms with van der Waals surface area (Å²) < 4.78 is 24.5. The average Bonchev–Trinajstić information content (AvgIpc) is 3.31. The Hall–Kier alpha value is -4.48. The lowest BCUT2D eigenvalue weighted by Gasteiger charge is -2.26. The van der Waals surface area contributed by atoms with Gasteiger partial charge < -0.3 is 18.9 Å². The molecule has 0 fully saturated rings. The number of fused-ring (bicyclic) bond motifs is 1. The van der Waals surface area contributed by atoms with Gasteiger partial charge in [0.15, 0.2) is 16.3 Å². The molecule has 2 heterocycles. The topological polar surface area (TPSA) is 105 Å². The molecule has 5 rings (SSSR count). The summed E-state index contributed by atoms with van der Waals surface area (Å²) in [7, 11) is 3.05. The number of nitrogens with zero attached hydrogens (tertiary/aromatic N) is 2. The molecule has 1 aromatic heterocycles. The summed E-state index contributed by atoms with van der Waals surface area (Å²) in [4.78, 5) is 44.9. The fourth-order valence-corrected chi connectivity index (χ4v) is 6.17. The Morgan fingerprint density at radius 1 is 1.00 bits per heavy atom. The zero-order valence-corrected chi connectivity index (χ0v) is 26.2. The second kappa shape index (κ2) is 12.8. The number of ether oxygens (including phenoxy) is 4. The number of aromatic nitrogens is 1. The number of methoxy groups -OCH3 is 2. The molecule has 0 bridgehead atoms. The fraction of sp³-hybridized carbons (Fsp3) is 0.188. The van der Waals surface area contributed by atoms with Crippen LogP contribution in [0.3, 0.4) is 0 Å². The first kappa shape index (κ1) is 30.0. The molecule has 0 spiro atoms. The summed E-state index contributed by atoms with van der Waals surface area (Å²) in [5.41, 5.74) is 2.03. The molecular weight excluding hydrogens is 636 g/mol. The molecule has 220 valence electrons. The highest BCUT2D eigenvalue weighted by Crippen LogP contribution is 2.38. The van der Waals surface area contributed by atoms with E-state index in [0.29, 0.717) is 49.0 Å². The van der Waals surface area contributed by atoms with Gasteiger partial charge in [0.25, 0.3) is 5.56 Å². The molecule has 1 aliphatic rings. The Kier molecular flexibility index (Phi) is 8.93. The Balaban J connectivity index is 1.84. The van der Waals surface area contributed by atoms with Gasteiger partial charge >= 0.3 is 11.9 Å². The zero-order valence-electron chi connectivity index (χ0n) is 23.8. The first-order chi connectivity index (χ1) is 20.7. The highest BCUT2D eigenvalue weighted by molar-refractivity contribution is 9.10. The van der Waals surface area contributed by atoms with Crippen molar-refractivity contribution in [3.63, 3.8) is 0 Å². The van der Waals surface area contributed by atoms with Crippen LogP contribution in [0.4, 0.5) is 0 Å². The molecule has 1 aliphatic heterocycles. The maximum Gasteiger partial charge on any atom is 0.338 e. The molecule has 11 heteroatoms. The third-order valence-electron chi connectivity index (χ3n) is 6.61. The first-order valence-corrected chi connectivity index (χ1v) is 14.8. The molecule has 9 nitrogen and oxygen atoms in total. The van der Waals surface area contributed by atoms with Gasteiger partial charge in [-0.2, -0.15) is 0 Å². The van der Waals surface area contributed by atoms with E-state index in [-0.39, 0.29) is 17.7 Å². The van der Waals surface area contributed by atoms with Gasteiger partial charge in [0.05, 0.1) is 42.7 Å². The van der Waals surface area contributed by atoms with Crippen molar-refractivity contribution in [2.75, 3.05) is 20.8 Å². The van der Waals surface area contributed by atoms with Crippen LogP contribution in [0.1, 0.15) is 36.6 Å². The standard InChI is InChI=1S/C32H27BrN2O7S/c1-5-41-31(38)27-28(19-9-7-6-8-10-19)34-32-35(29(27)20-11-13-24(39-3)25(16-20)40-4)30(37)26(43-32)17-21-15-22(33)12-14-23(21)42-18(2)36/h6-17,29H,5H2,1-4H3/b26-17-/t29-/m1/s1. The molecular formula is C32H27BrN2O7S. The van der Waals surface area contributed by atoms with Crippen molar-refractivity contribution in [1.82, 2.24) is 4.57 Å². The van der Waals surface area contributed by atoms with E-state index in [2.05, 4.69) is 15.9 Å². The minimum Gasteiger partial charge on any atom is -0.493 e. The van der Waals surface area contributed by atoms with Crippen LogP contribution in [0, 0.1) is 0 Å². The number of hydrogen-bond donors (Lipinski definition) is 0. The lowest BCUT2D eigenvalue weighted by molar-refractivity contribution is -0.139. The SMILES string of the molecule is CCOC(=O)C1=C(c2ccccc2)N=c2s/c(=C\c3cc(Br)ccc3OC(C)=O)c(=O)n2[C@@H]1c1ccc(OC)c(OC)c1. The third-order valence-corrected chi connectivity index (χ3v) is 8.09. The Bertz CT molecular complexity index is 1930. The number of carbonyl (C=O) groups is 2. The highest BCUT2D eigenvalue weighted by Gasteiger charge is 2.35. The van der Waals surface area contributed by atoms with E-state index in [9.17, 15) is 14.4 Å². The molecule has 0 aliphatic carbocycles. The van der Waals surface area contributed by atoms with Crippen molar-refractivity contribution in [3.8, 4) is 17.2 Å². The number of carbonyl (C=O) groups excluding carboxylic acids is 2. The van der Waals surface area contributed by atoms with Crippen LogP contribution in [0.15, 0.2) is 86.6 Å². The average molecular weight is 664 g/mol. The molecule has 43 heavy (non-hydrogen) atoms. The molecule has 3 aromatic carbocycles. The summed E-state index contributed by atoms with van der Waals surface area (Å²) in [6.45, 7) is 3.17. The van der Waals surface area contributed by atoms with Crippen LogP contribution in [-0.4, -0.2) is 37.3 Å². The second-order valence-electron chi connectivity index (χ2n) is 9.32. The fourth-order valence-electron chi connectivity index (χ4n) is 4.80. The number of thiazole rings is 1. The van der Waals surface area contributed by atoms with Crippen LogP contribution in [0.2, 0.25) is 0 Å². The Morgan fingerprint density at radius 3 is 2.40 bits per heavy atom. The smallest absolute Gasteiger partial charge is 0.338 e. The minimum absolute atomic E-state index is 0.134. The molecule has 0 amide bonds. The van der Waals surface area contributed by atoms with Crippen LogP contribution >= 0.6 is 27.3 Å². The lowest BCUT2D eigenvalue weighted by Crippen LogP contribution is -2.40. The van der Waals surface area contributed by atoms with Crippen molar-refractivity contribution < 1.29 is 28.5 Å². The molecule has 4 aromatic rings. The van der Waals surface area contributed by atoms with Crippen molar-refractivity contribution >= 4 is 51.0 Å². The Morgan fingerprint density at radius 2 is 1.72 bits per heavy atom. The maximum atomic E-state index is 14.2. The van der Waals surface area contributed by atoms with Crippen LogP contribution in [-0.2, 0) is 14.3 Å². The molecule has 0 saturated heterocycles. The monoisotopic (exact) mass is 662 g/mol. The van der Waals surface area contributed by atoms with Gasteiger partial charge in [0.2, 0.25) is 0 Å². The van der Waals surface area contributed by atoms with Gasteiger partial charge in [-0.25, -0.2) is 9.79 Å². The van der Waals surface area contributed by atoms with Crippen molar-refractivity contribution in [2.45, 2.75) is 19.9 Å². The summed E-state index contributed by atoms with van der Waals surface area (Å²) >= 11 is 4.61. The van der Waals surface area contributed by atoms with E-state index in [4.69, 9.17) is 23.9 Å². The van der Waals surface area contributed by atoms with E-state index in [1.165, 1.54) is 25.7 Å². The van der Waals surface area contributed by atoms with Crippen LogP contribution in [0.5, 0.6) is 17.2 Å². The predicted molar refractivity (Wildman–Crippen MR) is 166 cm³/mol.